The SMILES string of the molecule is CCNC(=NCC(c1cccc(OC)c1)N(C)C)NCCc1nc(C(F)(F)F)cs1. The molecule has 1 unspecified atom stereocenters. The van der Waals surface area contributed by atoms with Crippen LogP contribution in [0.1, 0.15) is 29.2 Å². The van der Waals surface area contributed by atoms with Gasteiger partial charge in [-0.2, -0.15) is 13.2 Å². The number of hydrogen-bond acceptors (Lipinski definition) is 5. The van der Waals surface area contributed by atoms with Crippen LogP contribution in [0.4, 0.5) is 13.2 Å². The molecule has 2 rings (SSSR count). The van der Waals surface area contributed by atoms with Gasteiger partial charge in [0.05, 0.1) is 24.7 Å². The van der Waals surface area contributed by atoms with E-state index in [1.54, 1.807) is 7.11 Å². The van der Waals surface area contributed by atoms with Gasteiger partial charge >= 0.3 is 6.18 Å². The smallest absolute Gasteiger partial charge is 0.434 e. The van der Waals surface area contributed by atoms with Crippen LogP contribution in [0.15, 0.2) is 34.6 Å². The fourth-order valence-electron chi connectivity index (χ4n) is 2.78. The molecule has 0 amide bonds. The summed E-state index contributed by atoms with van der Waals surface area (Å²) >= 11 is 1.01. The van der Waals surface area contributed by atoms with Crippen molar-refractivity contribution < 1.29 is 17.9 Å². The Kier molecular flexibility index (Phi) is 8.91. The van der Waals surface area contributed by atoms with Crippen LogP contribution in [0.25, 0.3) is 0 Å². The first kappa shape index (κ1) is 23.9. The van der Waals surface area contributed by atoms with Crippen LogP contribution in [0.3, 0.4) is 0 Å². The highest BCUT2D eigenvalue weighted by atomic mass is 32.1. The Morgan fingerprint density at radius 3 is 2.67 bits per heavy atom. The van der Waals surface area contributed by atoms with Gasteiger partial charge in [-0.15, -0.1) is 11.3 Å². The van der Waals surface area contributed by atoms with E-state index in [0.29, 0.717) is 37.0 Å². The van der Waals surface area contributed by atoms with Crippen molar-refractivity contribution in [3.8, 4) is 5.75 Å². The highest BCUT2D eigenvalue weighted by Gasteiger charge is 2.33. The van der Waals surface area contributed by atoms with E-state index in [-0.39, 0.29) is 6.04 Å². The Bertz CT molecular complexity index is 823. The highest BCUT2D eigenvalue weighted by Crippen LogP contribution is 2.30. The first-order valence-electron chi connectivity index (χ1n) is 9.58. The number of likely N-dealkylation sites (N-methyl/N-ethyl adjacent to an activating group) is 1. The summed E-state index contributed by atoms with van der Waals surface area (Å²) in [6.07, 6.45) is -4.02. The number of aliphatic imine (C=N–C) groups is 1. The molecule has 1 heterocycles. The van der Waals surface area contributed by atoms with Gasteiger partial charge in [0.1, 0.15) is 5.75 Å². The van der Waals surface area contributed by atoms with Gasteiger partial charge in [-0.05, 0) is 38.7 Å². The molecular weight excluding hydrogens is 415 g/mol. The highest BCUT2D eigenvalue weighted by molar-refractivity contribution is 7.09. The van der Waals surface area contributed by atoms with E-state index in [1.807, 2.05) is 45.3 Å². The van der Waals surface area contributed by atoms with E-state index in [1.165, 1.54) is 0 Å². The number of thiazole rings is 1. The minimum Gasteiger partial charge on any atom is -0.497 e. The number of guanidine groups is 1. The monoisotopic (exact) mass is 443 g/mol. The number of rotatable bonds is 9. The van der Waals surface area contributed by atoms with Gasteiger partial charge < -0.3 is 20.3 Å². The van der Waals surface area contributed by atoms with E-state index in [4.69, 9.17) is 4.74 Å². The second kappa shape index (κ2) is 11.2. The van der Waals surface area contributed by atoms with Gasteiger partial charge in [-0.3, -0.25) is 4.99 Å². The van der Waals surface area contributed by atoms with Crippen molar-refractivity contribution >= 4 is 17.3 Å². The maximum absolute atomic E-state index is 12.7. The maximum atomic E-state index is 12.7. The number of nitrogens with one attached hydrogen (secondary N) is 2. The topological polar surface area (TPSA) is 61.8 Å². The molecule has 10 heteroatoms. The predicted octanol–water partition coefficient (Wildman–Crippen LogP) is 3.57. The summed E-state index contributed by atoms with van der Waals surface area (Å²) in [6.45, 7) is 3.57. The quantitative estimate of drug-likeness (QED) is 0.458. The van der Waals surface area contributed by atoms with Crippen LogP contribution in [-0.4, -0.2) is 56.7 Å². The Balaban J connectivity index is 2.00. The number of methoxy groups -OCH3 is 1. The summed E-state index contributed by atoms with van der Waals surface area (Å²) in [4.78, 5) is 10.4. The van der Waals surface area contributed by atoms with Crippen LogP contribution >= 0.6 is 11.3 Å². The summed E-state index contributed by atoms with van der Waals surface area (Å²) in [5, 5.41) is 7.82. The molecule has 1 aromatic heterocycles. The zero-order valence-electron chi connectivity index (χ0n) is 17.6. The summed E-state index contributed by atoms with van der Waals surface area (Å²) in [6, 6.07) is 7.91. The molecule has 0 saturated carbocycles. The summed E-state index contributed by atoms with van der Waals surface area (Å²) in [5.41, 5.74) is 0.247. The average Bonchev–Trinajstić information content (AvgIpc) is 3.17. The minimum atomic E-state index is -4.40. The Labute approximate surface area is 179 Å². The molecule has 2 N–H and O–H groups in total. The normalized spacial score (nSPS) is 13.4. The predicted molar refractivity (Wildman–Crippen MR) is 114 cm³/mol. The van der Waals surface area contributed by atoms with E-state index in [2.05, 4.69) is 25.5 Å². The molecule has 0 aliphatic rings. The van der Waals surface area contributed by atoms with Crippen LogP contribution < -0.4 is 15.4 Å². The summed E-state index contributed by atoms with van der Waals surface area (Å²) in [7, 11) is 5.61. The van der Waals surface area contributed by atoms with E-state index >= 15 is 0 Å². The lowest BCUT2D eigenvalue weighted by Crippen LogP contribution is -2.39. The third-order valence-electron chi connectivity index (χ3n) is 4.34. The summed E-state index contributed by atoms with van der Waals surface area (Å²) in [5.74, 6) is 1.40. The number of nitrogens with zero attached hydrogens (tertiary/aromatic N) is 3. The molecule has 0 radical (unpaired) electrons. The molecule has 6 nitrogen and oxygen atoms in total. The van der Waals surface area contributed by atoms with Gasteiger partial charge in [-0.25, -0.2) is 4.98 Å². The van der Waals surface area contributed by atoms with Crippen molar-refractivity contribution in [2.24, 2.45) is 4.99 Å². The van der Waals surface area contributed by atoms with Gasteiger partial charge in [0.25, 0.3) is 0 Å². The zero-order chi connectivity index (χ0) is 22.1. The number of halogens is 3. The summed E-state index contributed by atoms with van der Waals surface area (Å²) < 4.78 is 43.3. The Morgan fingerprint density at radius 2 is 2.07 bits per heavy atom. The number of alkyl halides is 3. The Morgan fingerprint density at radius 1 is 1.30 bits per heavy atom. The average molecular weight is 444 g/mol. The fraction of sp³-hybridized carbons (Fsp3) is 0.500. The molecule has 2 aromatic rings. The molecule has 1 atom stereocenters. The van der Waals surface area contributed by atoms with E-state index in [9.17, 15) is 13.2 Å². The van der Waals surface area contributed by atoms with Crippen molar-refractivity contribution in [1.82, 2.24) is 20.5 Å². The molecule has 166 valence electrons. The third kappa shape index (κ3) is 7.17. The molecule has 0 bridgehead atoms. The van der Waals surface area contributed by atoms with Gasteiger partial charge in [-0.1, -0.05) is 12.1 Å². The molecule has 0 saturated heterocycles. The number of ether oxygens (including phenoxy) is 1. The van der Waals surface area contributed by atoms with Crippen molar-refractivity contribution in [1.29, 1.82) is 0 Å². The second-order valence-electron chi connectivity index (χ2n) is 6.78. The largest absolute Gasteiger partial charge is 0.497 e. The van der Waals surface area contributed by atoms with Crippen LogP contribution in [0, 0.1) is 0 Å². The molecule has 30 heavy (non-hydrogen) atoms. The molecule has 0 aliphatic heterocycles. The molecule has 0 spiro atoms. The molecular formula is C20H28F3N5OS. The lowest BCUT2D eigenvalue weighted by atomic mass is 10.1. The van der Waals surface area contributed by atoms with E-state index < -0.39 is 11.9 Å². The van der Waals surface area contributed by atoms with Crippen molar-refractivity contribution in [3.05, 3.63) is 45.9 Å². The second-order valence-corrected chi connectivity index (χ2v) is 7.72. The molecule has 1 aromatic carbocycles. The van der Waals surface area contributed by atoms with Gasteiger partial charge in [0, 0.05) is 24.9 Å². The van der Waals surface area contributed by atoms with Gasteiger partial charge in [0.2, 0.25) is 0 Å². The third-order valence-corrected chi connectivity index (χ3v) is 5.25. The Hall–Kier alpha value is -2.33. The number of hydrogen-bond donors (Lipinski definition) is 2. The maximum Gasteiger partial charge on any atom is 0.434 e. The van der Waals surface area contributed by atoms with Crippen LogP contribution in [0.2, 0.25) is 0 Å². The number of aromatic nitrogens is 1. The number of benzene rings is 1. The molecule has 0 aliphatic carbocycles. The molecule has 0 fully saturated rings. The van der Waals surface area contributed by atoms with Crippen LogP contribution in [0.5, 0.6) is 5.75 Å². The lowest BCUT2D eigenvalue weighted by Gasteiger charge is -2.24. The van der Waals surface area contributed by atoms with Crippen molar-refractivity contribution in [3.63, 3.8) is 0 Å². The van der Waals surface area contributed by atoms with Crippen molar-refractivity contribution in [2.45, 2.75) is 25.6 Å². The first-order valence-corrected chi connectivity index (χ1v) is 10.5. The first-order chi connectivity index (χ1) is 14.2. The van der Waals surface area contributed by atoms with Gasteiger partial charge in [0.15, 0.2) is 11.7 Å². The van der Waals surface area contributed by atoms with Crippen molar-refractivity contribution in [2.75, 3.05) is 40.8 Å². The van der Waals surface area contributed by atoms with E-state index in [0.717, 1.165) is 28.0 Å². The standard InChI is InChI=1S/C20H28F3N5OS/c1-5-24-19(25-10-9-18-27-17(13-30-18)20(21,22)23)26-12-16(28(2)3)14-7-6-8-15(11-14)29-4/h6-8,11,13,16H,5,9-10,12H2,1-4H3,(H2,24,25,26). The minimum absolute atomic E-state index is 0.0452. The zero-order valence-corrected chi connectivity index (χ0v) is 18.4. The lowest BCUT2D eigenvalue weighted by molar-refractivity contribution is -0.140. The fourth-order valence-corrected chi connectivity index (χ4v) is 3.58. The van der Waals surface area contributed by atoms with Crippen LogP contribution in [-0.2, 0) is 12.6 Å².